The summed E-state index contributed by atoms with van der Waals surface area (Å²) in [6, 6.07) is 8.49. The van der Waals surface area contributed by atoms with Crippen LogP contribution in [0.5, 0.6) is 0 Å². The second-order valence-electron chi connectivity index (χ2n) is 6.36. The van der Waals surface area contributed by atoms with Crippen molar-refractivity contribution in [3.63, 3.8) is 0 Å². The van der Waals surface area contributed by atoms with Crippen LogP contribution in [0.4, 0.5) is 0 Å². The van der Waals surface area contributed by atoms with Crippen LogP contribution < -0.4 is 10.6 Å². The van der Waals surface area contributed by atoms with E-state index in [-0.39, 0.29) is 29.4 Å². The van der Waals surface area contributed by atoms with Gasteiger partial charge < -0.3 is 10.6 Å². The molecule has 25 heavy (non-hydrogen) atoms. The monoisotopic (exact) mass is 536 g/mol. The lowest BCUT2D eigenvalue weighted by Crippen LogP contribution is -2.44. The summed E-state index contributed by atoms with van der Waals surface area (Å²) in [6.45, 7) is 8.18. The number of halogens is 2. The first-order chi connectivity index (χ1) is 11.4. The summed E-state index contributed by atoms with van der Waals surface area (Å²) in [7, 11) is 1.80. The molecule has 7 heteroatoms. The molecule has 2 aromatic rings. The molecule has 0 radical (unpaired) electrons. The van der Waals surface area contributed by atoms with E-state index < -0.39 is 0 Å². The predicted octanol–water partition coefficient (Wildman–Crippen LogP) is 4.52. The topological polar surface area (TPSA) is 49.3 Å². The Morgan fingerprint density at radius 3 is 2.48 bits per heavy atom. The van der Waals surface area contributed by atoms with Gasteiger partial charge in [0, 0.05) is 47.5 Å². The zero-order valence-corrected chi connectivity index (χ0v) is 19.8. The van der Waals surface area contributed by atoms with Crippen molar-refractivity contribution in [3.8, 4) is 0 Å². The molecule has 0 spiro atoms. The van der Waals surface area contributed by atoms with Gasteiger partial charge in [0.1, 0.15) is 0 Å². The Kier molecular flexibility index (Phi) is 9.37. The van der Waals surface area contributed by atoms with E-state index in [0.29, 0.717) is 0 Å². The van der Waals surface area contributed by atoms with E-state index in [9.17, 15) is 0 Å². The number of hydrogen-bond acceptors (Lipinski definition) is 3. The molecule has 0 aliphatic heterocycles. The quantitative estimate of drug-likeness (QED) is 0.324. The van der Waals surface area contributed by atoms with Crippen molar-refractivity contribution in [3.05, 3.63) is 50.4 Å². The maximum Gasteiger partial charge on any atom is 0.191 e. The molecule has 0 aliphatic rings. The molecule has 0 fully saturated rings. The van der Waals surface area contributed by atoms with Crippen LogP contribution in [0.2, 0.25) is 0 Å². The minimum atomic E-state index is 0. The highest BCUT2D eigenvalue weighted by atomic mass is 127. The van der Waals surface area contributed by atoms with E-state index in [1.54, 1.807) is 18.4 Å². The fourth-order valence-corrected chi connectivity index (χ4v) is 3.38. The molecule has 0 amide bonds. The van der Waals surface area contributed by atoms with Gasteiger partial charge in [0.25, 0.3) is 0 Å². The predicted molar refractivity (Wildman–Crippen MR) is 123 cm³/mol. The Morgan fingerprint density at radius 2 is 1.92 bits per heavy atom. The highest BCUT2D eigenvalue weighted by Gasteiger charge is 2.20. The first-order valence-electron chi connectivity index (χ1n) is 8.02. The summed E-state index contributed by atoms with van der Waals surface area (Å²) in [4.78, 5) is 9.94. The van der Waals surface area contributed by atoms with Gasteiger partial charge in [-0.25, -0.2) is 4.98 Å². The number of aliphatic imine (C=N–C) groups is 1. The van der Waals surface area contributed by atoms with Crippen molar-refractivity contribution in [1.82, 2.24) is 15.6 Å². The first-order valence-corrected chi connectivity index (χ1v) is 9.63. The Morgan fingerprint density at radius 1 is 1.24 bits per heavy atom. The molecule has 0 bridgehead atoms. The number of benzene rings is 1. The van der Waals surface area contributed by atoms with Gasteiger partial charge >= 0.3 is 0 Å². The number of hydrogen-bond donors (Lipinski definition) is 2. The van der Waals surface area contributed by atoms with Crippen LogP contribution in [-0.4, -0.2) is 31.1 Å². The van der Waals surface area contributed by atoms with E-state index in [1.807, 2.05) is 6.20 Å². The number of aryl methyl sites for hydroxylation is 1. The normalized spacial score (nSPS) is 11.8. The SMILES string of the molecule is CN=C(NCCc1ncc(C)s1)NCC(C)(C)c1ccc(Br)cc1.I. The molecule has 0 unspecified atom stereocenters. The van der Waals surface area contributed by atoms with Crippen LogP contribution in [0.1, 0.15) is 29.3 Å². The molecule has 0 aliphatic carbocycles. The van der Waals surface area contributed by atoms with Gasteiger partial charge in [-0.05, 0) is 24.6 Å². The molecule has 1 aromatic carbocycles. The van der Waals surface area contributed by atoms with Gasteiger partial charge in [-0.15, -0.1) is 35.3 Å². The lowest BCUT2D eigenvalue weighted by Gasteiger charge is -2.27. The second-order valence-corrected chi connectivity index (χ2v) is 8.59. The van der Waals surface area contributed by atoms with Crippen LogP contribution in [0.3, 0.4) is 0 Å². The van der Waals surface area contributed by atoms with Gasteiger partial charge in [-0.1, -0.05) is 41.9 Å². The van der Waals surface area contributed by atoms with Crippen LogP contribution in [0.25, 0.3) is 0 Å². The minimum Gasteiger partial charge on any atom is -0.356 e. The summed E-state index contributed by atoms with van der Waals surface area (Å²) in [5.74, 6) is 0.827. The van der Waals surface area contributed by atoms with Crippen molar-refractivity contribution >= 4 is 57.2 Å². The van der Waals surface area contributed by atoms with E-state index in [4.69, 9.17) is 0 Å². The fraction of sp³-hybridized carbons (Fsp3) is 0.444. The van der Waals surface area contributed by atoms with Crippen molar-refractivity contribution < 1.29 is 0 Å². The lowest BCUT2D eigenvalue weighted by molar-refractivity contribution is 0.508. The molecule has 0 saturated carbocycles. The largest absolute Gasteiger partial charge is 0.356 e. The molecule has 0 atom stereocenters. The Balaban J connectivity index is 0.00000312. The number of rotatable bonds is 6. The number of thiazole rings is 1. The average molecular weight is 537 g/mol. The van der Waals surface area contributed by atoms with Crippen LogP contribution in [0.15, 0.2) is 39.9 Å². The smallest absolute Gasteiger partial charge is 0.191 e. The Bertz CT molecular complexity index is 683. The molecule has 1 heterocycles. The number of aromatic nitrogens is 1. The maximum absolute atomic E-state index is 4.38. The third-order valence-corrected chi connectivity index (χ3v) is 5.35. The van der Waals surface area contributed by atoms with Crippen LogP contribution in [0, 0.1) is 6.92 Å². The average Bonchev–Trinajstić information content (AvgIpc) is 2.96. The van der Waals surface area contributed by atoms with E-state index >= 15 is 0 Å². The molecule has 1 aromatic heterocycles. The fourth-order valence-electron chi connectivity index (χ4n) is 2.33. The third-order valence-electron chi connectivity index (χ3n) is 3.85. The van der Waals surface area contributed by atoms with Crippen molar-refractivity contribution in [2.24, 2.45) is 4.99 Å². The molecular formula is C18H26BrIN4S. The number of guanidine groups is 1. The van der Waals surface area contributed by atoms with Gasteiger partial charge in [-0.3, -0.25) is 4.99 Å². The van der Waals surface area contributed by atoms with Crippen LogP contribution in [-0.2, 0) is 11.8 Å². The van der Waals surface area contributed by atoms with Crippen molar-refractivity contribution in [2.45, 2.75) is 32.6 Å². The van der Waals surface area contributed by atoms with E-state index in [0.717, 1.165) is 35.0 Å². The maximum atomic E-state index is 4.38. The minimum absolute atomic E-state index is 0. The Hall–Kier alpha value is -0.670. The Labute approximate surface area is 180 Å². The molecule has 2 N–H and O–H groups in total. The molecule has 2 rings (SSSR count). The van der Waals surface area contributed by atoms with Gasteiger partial charge in [0.05, 0.1) is 5.01 Å². The summed E-state index contributed by atoms with van der Waals surface area (Å²) >= 11 is 5.23. The number of nitrogens with one attached hydrogen (secondary N) is 2. The lowest BCUT2D eigenvalue weighted by atomic mass is 9.85. The van der Waals surface area contributed by atoms with Crippen molar-refractivity contribution in [2.75, 3.05) is 20.1 Å². The summed E-state index contributed by atoms with van der Waals surface area (Å²) in [5.41, 5.74) is 1.32. The molecule has 4 nitrogen and oxygen atoms in total. The zero-order valence-electron chi connectivity index (χ0n) is 15.1. The van der Waals surface area contributed by atoms with E-state index in [1.165, 1.54) is 10.4 Å². The summed E-state index contributed by atoms with van der Waals surface area (Å²) in [5, 5.41) is 7.94. The number of nitrogens with zero attached hydrogens (tertiary/aromatic N) is 2. The first kappa shape index (κ1) is 22.4. The third kappa shape index (κ3) is 7.22. The zero-order chi connectivity index (χ0) is 17.6. The van der Waals surface area contributed by atoms with E-state index in [2.05, 4.69) is 81.6 Å². The second kappa shape index (κ2) is 10.5. The summed E-state index contributed by atoms with van der Waals surface area (Å²) < 4.78 is 1.10. The van der Waals surface area contributed by atoms with Gasteiger partial charge in [0.15, 0.2) is 5.96 Å². The standard InChI is InChI=1S/C18H25BrN4S.HI/c1-13-11-22-16(24-13)9-10-21-17(20-4)23-12-18(2,3)14-5-7-15(19)8-6-14;/h5-8,11H,9-10,12H2,1-4H3,(H2,20,21,23);1H. The van der Waals surface area contributed by atoms with Crippen LogP contribution >= 0.6 is 51.2 Å². The molecule has 138 valence electrons. The highest BCUT2D eigenvalue weighted by Crippen LogP contribution is 2.23. The molecular weight excluding hydrogens is 511 g/mol. The van der Waals surface area contributed by atoms with Gasteiger partial charge in [0.2, 0.25) is 0 Å². The highest BCUT2D eigenvalue weighted by molar-refractivity contribution is 14.0. The van der Waals surface area contributed by atoms with Crippen molar-refractivity contribution in [1.29, 1.82) is 0 Å². The summed E-state index contributed by atoms with van der Waals surface area (Å²) in [6.07, 6.45) is 2.84. The van der Waals surface area contributed by atoms with Gasteiger partial charge in [-0.2, -0.15) is 0 Å². The molecule has 0 saturated heterocycles.